The van der Waals surface area contributed by atoms with Crippen molar-refractivity contribution in [1.29, 1.82) is 0 Å². The summed E-state index contributed by atoms with van der Waals surface area (Å²) >= 11 is 7.29. The van der Waals surface area contributed by atoms with Gasteiger partial charge in [-0.2, -0.15) is 0 Å². The van der Waals surface area contributed by atoms with Crippen molar-refractivity contribution in [3.63, 3.8) is 0 Å². The third-order valence-corrected chi connectivity index (χ3v) is 6.55. The number of rotatable bonds is 9. The number of halogens is 1. The molecule has 37 heavy (non-hydrogen) atoms. The summed E-state index contributed by atoms with van der Waals surface area (Å²) < 4.78 is 0. The molecule has 0 radical (unpaired) electrons. The van der Waals surface area contributed by atoms with E-state index in [-0.39, 0.29) is 23.1 Å². The van der Waals surface area contributed by atoms with Crippen molar-refractivity contribution in [3.05, 3.63) is 137 Å². The van der Waals surface area contributed by atoms with Crippen LogP contribution in [0.3, 0.4) is 0 Å². The van der Waals surface area contributed by atoms with E-state index in [1.807, 2.05) is 48.5 Å². The quantitative estimate of drug-likeness (QED) is 0.144. The molecule has 0 fully saturated rings. The summed E-state index contributed by atoms with van der Waals surface area (Å²) in [6.45, 7) is 0. The first-order valence-electron chi connectivity index (χ1n) is 11.4. The van der Waals surface area contributed by atoms with E-state index in [1.165, 1.54) is 11.8 Å². The maximum atomic E-state index is 13.1. The Bertz CT molecular complexity index is 1410. The van der Waals surface area contributed by atoms with Crippen LogP contribution in [0.1, 0.15) is 26.3 Å². The molecule has 184 valence electrons. The smallest absolute Gasteiger partial charge is 0.272 e. The third kappa shape index (κ3) is 7.67. The molecule has 7 heteroatoms. The number of anilines is 1. The minimum absolute atomic E-state index is 0.00361. The monoisotopic (exact) mass is 526 g/mol. The van der Waals surface area contributed by atoms with Crippen LogP contribution in [0.2, 0.25) is 5.02 Å². The minimum Gasteiger partial charge on any atom is -0.321 e. The number of benzene rings is 4. The summed E-state index contributed by atoms with van der Waals surface area (Å²) in [7, 11) is 0. The molecule has 4 rings (SSSR count). The molecule has 0 aliphatic rings. The van der Waals surface area contributed by atoms with Crippen LogP contribution in [0.25, 0.3) is 6.08 Å². The third-order valence-electron chi connectivity index (χ3n) is 5.29. The molecular weight excluding hydrogens is 504 g/mol. The summed E-state index contributed by atoms with van der Waals surface area (Å²) in [4.78, 5) is 39.1. The Hall–Kier alpha value is -4.13. The lowest BCUT2D eigenvalue weighted by atomic mass is 10.1. The molecule has 0 saturated carbocycles. The number of nitrogens with one attached hydrogen (secondary N) is 2. The van der Waals surface area contributed by atoms with Gasteiger partial charge in [-0.25, -0.2) is 0 Å². The zero-order chi connectivity index (χ0) is 26.0. The zero-order valence-electron chi connectivity index (χ0n) is 19.7. The predicted molar refractivity (Wildman–Crippen MR) is 150 cm³/mol. The van der Waals surface area contributed by atoms with Crippen LogP contribution in [-0.2, 0) is 4.79 Å². The Balaban J connectivity index is 1.42. The molecule has 0 bridgehead atoms. The maximum absolute atomic E-state index is 13.1. The van der Waals surface area contributed by atoms with Crippen molar-refractivity contribution in [1.82, 2.24) is 5.32 Å². The van der Waals surface area contributed by atoms with E-state index in [0.717, 1.165) is 10.5 Å². The lowest BCUT2D eigenvalue weighted by Gasteiger charge is -2.12. The molecule has 0 spiro atoms. The summed E-state index contributed by atoms with van der Waals surface area (Å²) in [6.07, 6.45) is 1.63. The van der Waals surface area contributed by atoms with Crippen LogP contribution >= 0.6 is 23.4 Å². The highest BCUT2D eigenvalue weighted by Crippen LogP contribution is 2.22. The average molecular weight is 527 g/mol. The van der Waals surface area contributed by atoms with E-state index in [1.54, 1.807) is 66.7 Å². The van der Waals surface area contributed by atoms with Gasteiger partial charge in [-0.3, -0.25) is 14.4 Å². The lowest BCUT2D eigenvalue weighted by molar-refractivity contribution is -0.113. The van der Waals surface area contributed by atoms with Gasteiger partial charge < -0.3 is 10.6 Å². The molecule has 0 atom stereocenters. The SMILES string of the molecule is O=C(Nc1ccc(SCC(=O)c2ccc(Cl)cc2)cc1)/C(=C/c1ccccc1)NC(=O)c1ccccc1. The van der Waals surface area contributed by atoms with Gasteiger partial charge in [0.15, 0.2) is 5.78 Å². The van der Waals surface area contributed by atoms with Crippen molar-refractivity contribution in [2.45, 2.75) is 4.90 Å². The number of amides is 2. The van der Waals surface area contributed by atoms with Crippen molar-refractivity contribution in [3.8, 4) is 0 Å². The predicted octanol–water partition coefficient (Wildman–Crippen LogP) is 6.72. The Morgan fingerprint density at radius 1 is 0.730 bits per heavy atom. The van der Waals surface area contributed by atoms with Crippen molar-refractivity contribution in [2.75, 3.05) is 11.1 Å². The van der Waals surface area contributed by atoms with Gasteiger partial charge in [-0.1, -0.05) is 60.1 Å². The minimum atomic E-state index is -0.452. The second-order valence-electron chi connectivity index (χ2n) is 7.99. The molecule has 0 saturated heterocycles. The normalized spacial score (nSPS) is 11.0. The molecular formula is C30H23ClN2O3S. The molecule has 0 aliphatic heterocycles. The first-order valence-corrected chi connectivity index (χ1v) is 12.8. The van der Waals surface area contributed by atoms with Gasteiger partial charge >= 0.3 is 0 Å². The molecule has 0 unspecified atom stereocenters. The summed E-state index contributed by atoms with van der Waals surface area (Å²) in [6, 6.07) is 32.0. The Morgan fingerprint density at radius 3 is 2.00 bits per heavy atom. The van der Waals surface area contributed by atoms with Gasteiger partial charge in [-0.15, -0.1) is 11.8 Å². The second-order valence-corrected chi connectivity index (χ2v) is 9.47. The zero-order valence-corrected chi connectivity index (χ0v) is 21.3. The highest BCUT2D eigenvalue weighted by Gasteiger charge is 2.15. The van der Waals surface area contributed by atoms with Gasteiger partial charge in [0.1, 0.15) is 5.70 Å². The number of carbonyl (C=O) groups is 3. The number of hydrogen-bond donors (Lipinski definition) is 2. The van der Waals surface area contributed by atoms with E-state index >= 15 is 0 Å². The fourth-order valence-electron chi connectivity index (χ4n) is 3.36. The van der Waals surface area contributed by atoms with Gasteiger partial charge in [0.25, 0.3) is 11.8 Å². The van der Waals surface area contributed by atoms with E-state index in [4.69, 9.17) is 11.6 Å². The molecule has 4 aromatic carbocycles. The van der Waals surface area contributed by atoms with Crippen molar-refractivity contribution < 1.29 is 14.4 Å². The molecule has 0 aliphatic carbocycles. The summed E-state index contributed by atoms with van der Waals surface area (Å²) in [5.41, 5.74) is 2.51. The van der Waals surface area contributed by atoms with E-state index in [0.29, 0.717) is 21.8 Å². The second kappa shape index (κ2) is 12.7. The number of thioether (sulfide) groups is 1. The topological polar surface area (TPSA) is 75.3 Å². The Kier molecular flexibility index (Phi) is 8.92. The Labute approximate surface area is 224 Å². The highest BCUT2D eigenvalue weighted by atomic mass is 35.5. The molecule has 2 amide bonds. The van der Waals surface area contributed by atoms with Gasteiger partial charge in [-0.05, 0) is 72.3 Å². The van der Waals surface area contributed by atoms with Crippen molar-refractivity contribution in [2.24, 2.45) is 0 Å². The summed E-state index contributed by atoms with van der Waals surface area (Å²) in [5, 5.41) is 6.14. The molecule has 5 nitrogen and oxygen atoms in total. The molecule has 2 N–H and O–H groups in total. The van der Waals surface area contributed by atoms with Crippen LogP contribution in [-0.4, -0.2) is 23.4 Å². The number of ketones is 1. The highest BCUT2D eigenvalue weighted by molar-refractivity contribution is 8.00. The molecule has 0 heterocycles. The van der Waals surface area contributed by atoms with E-state index in [2.05, 4.69) is 10.6 Å². The maximum Gasteiger partial charge on any atom is 0.272 e. The molecule has 0 aromatic heterocycles. The number of carbonyl (C=O) groups excluding carboxylic acids is 3. The fraction of sp³-hybridized carbons (Fsp3) is 0.0333. The van der Waals surface area contributed by atoms with Crippen molar-refractivity contribution >= 4 is 52.7 Å². The standard InChI is InChI=1S/C30H23ClN2O3S/c31-24-13-11-22(12-14-24)28(34)20-37-26-17-15-25(16-18-26)32-30(36)27(19-21-7-3-1-4-8-21)33-29(35)23-9-5-2-6-10-23/h1-19H,20H2,(H,32,36)(H,33,35)/b27-19-. The van der Waals surface area contributed by atoms with E-state index in [9.17, 15) is 14.4 Å². The van der Waals surface area contributed by atoms with E-state index < -0.39 is 5.91 Å². The Morgan fingerprint density at radius 2 is 1.35 bits per heavy atom. The van der Waals surface area contributed by atoms with Gasteiger partial charge in [0.2, 0.25) is 0 Å². The van der Waals surface area contributed by atoms with Gasteiger partial charge in [0.05, 0.1) is 5.75 Å². The first kappa shape index (κ1) is 25.9. The number of hydrogen-bond acceptors (Lipinski definition) is 4. The van der Waals surface area contributed by atoms with Gasteiger partial charge in [0, 0.05) is 26.7 Å². The van der Waals surface area contributed by atoms with Crippen LogP contribution < -0.4 is 10.6 Å². The van der Waals surface area contributed by atoms with Crippen LogP contribution in [0.15, 0.2) is 120 Å². The fourth-order valence-corrected chi connectivity index (χ4v) is 4.28. The largest absolute Gasteiger partial charge is 0.321 e. The molecule has 4 aromatic rings. The first-order chi connectivity index (χ1) is 18.0. The summed E-state index contributed by atoms with van der Waals surface area (Å²) in [5.74, 6) is -0.548. The average Bonchev–Trinajstić information content (AvgIpc) is 2.93. The lowest BCUT2D eigenvalue weighted by Crippen LogP contribution is -2.30. The van der Waals surface area contributed by atoms with Crippen LogP contribution in [0.4, 0.5) is 5.69 Å². The number of Topliss-reactive ketones (excluding diaryl/α,β-unsaturated/α-hetero) is 1. The van der Waals surface area contributed by atoms with Crippen LogP contribution in [0.5, 0.6) is 0 Å². The van der Waals surface area contributed by atoms with Crippen LogP contribution in [0, 0.1) is 0 Å².